The van der Waals surface area contributed by atoms with Crippen LogP contribution in [0.25, 0.3) is 0 Å². The van der Waals surface area contributed by atoms with Crippen LogP contribution in [0.3, 0.4) is 0 Å². The van der Waals surface area contributed by atoms with Crippen molar-refractivity contribution in [3.8, 4) is 0 Å². The number of anilines is 2. The molecule has 0 aliphatic carbocycles. The maximum Gasteiger partial charge on any atom is 0.338 e. The lowest BCUT2D eigenvalue weighted by atomic mass is 10.1. The van der Waals surface area contributed by atoms with Gasteiger partial charge in [0, 0.05) is 24.2 Å². The molecule has 2 aromatic rings. The van der Waals surface area contributed by atoms with Crippen molar-refractivity contribution in [3.63, 3.8) is 0 Å². The SMILES string of the molecule is CCCOC(=O)c1ccc(NC(=O)CCCCCCCC(=O)Nc2ccc(C(=O)OCCC)cc2)cc1. The Morgan fingerprint density at radius 1 is 0.568 bits per heavy atom. The summed E-state index contributed by atoms with van der Waals surface area (Å²) in [7, 11) is 0. The van der Waals surface area contributed by atoms with Crippen molar-refractivity contribution in [2.24, 2.45) is 0 Å². The summed E-state index contributed by atoms with van der Waals surface area (Å²) in [5.74, 6) is -0.856. The van der Waals surface area contributed by atoms with Gasteiger partial charge in [0.1, 0.15) is 0 Å². The Bertz CT molecular complexity index is 921. The maximum atomic E-state index is 12.1. The molecule has 0 bridgehead atoms. The Labute approximate surface area is 219 Å². The van der Waals surface area contributed by atoms with E-state index in [1.54, 1.807) is 48.5 Å². The molecule has 200 valence electrons. The van der Waals surface area contributed by atoms with Crippen molar-refractivity contribution in [3.05, 3.63) is 59.7 Å². The van der Waals surface area contributed by atoms with Gasteiger partial charge in [-0.15, -0.1) is 0 Å². The summed E-state index contributed by atoms with van der Waals surface area (Å²) in [6.45, 7) is 4.65. The number of amides is 2. The van der Waals surface area contributed by atoms with Gasteiger partial charge in [-0.2, -0.15) is 0 Å². The van der Waals surface area contributed by atoms with Gasteiger partial charge in [-0.3, -0.25) is 9.59 Å². The van der Waals surface area contributed by atoms with Crippen molar-refractivity contribution < 1.29 is 28.7 Å². The number of benzene rings is 2. The predicted octanol–water partition coefficient (Wildman–Crippen LogP) is 6.13. The van der Waals surface area contributed by atoms with Crippen molar-refractivity contribution in [1.82, 2.24) is 0 Å². The average molecular weight is 511 g/mol. The zero-order chi connectivity index (χ0) is 26.9. The smallest absolute Gasteiger partial charge is 0.338 e. The van der Waals surface area contributed by atoms with E-state index >= 15 is 0 Å². The molecule has 0 atom stereocenters. The molecule has 0 aromatic heterocycles. The lowest BCUT2D eigenvalue weighted by Crippen LogP contribution is -2.12. The number of hydrogen-bond acceptors (Lipinski definition) is 6. The highest BCUT2D eigenvalue weighted by Gasteiger charge is 2.09. The maximum absolute atomic E-state index is 12.1. The minimum atomic E-state index is -0.364. The number of unbranched alkanes of at least 4 members (excludes halogenated alkanes) is 4. The van der Waals surface area contributed by atoms with Crippen LogP contribution >= 0.6 is 0 Å². The molecule has 0 radical (unpaired) electrons. The van der Waals surface area contributed by atoms with Gasteiger partial charge in [-0.05, 0) is 74.2 Å². The van der Waals surface area contributed by atoms with E-state index in [9.17, 15) is 19.2 Å². The summed E-state index contributed by atoms with van der Waals surface area (Å²) in [6.07, 6.45) is 6.68. The fraction of sp³-hybridized carbons (Fsp3) is 0.448. The van der Waals surface area contributed by atoms with E-state index < -0.39 is 0 Å². The third-order valence-electron chi connectivity index (χ3n) is 5.49. The largest absolute Gasteiger partial charge is 0.462 e. The number of rotatable bonds is 16. The lowest BCUT2D eigenvalue weighted by Gasteiger charge is -2.08. The molecule has 2 N–H and O–H groups in total. The molecule has 0 spiro atoms. The molecule has 2 aromatic carbocycles. The zero-order valence-electron chi connectivity index (χ0n) is 21.8. The van der Waals surface area contributed by atoms with Gasteiger partial charge in [-0.25, -0.2) is 9.59 Å². The third-order valence-corrected chi connectivity index (χ3v) is 5.49. The first-order valence-corrected chi connectivity index (χ1v) is 13.1. The zero-order valence-corrected chi connectivity index (χ0v) is 21.8. The summed E-state index contributed by atoms with van der Waals surface area (Å²) in [5.41, 5.74) is 2.22. The number of esters is 2. The van der Waals surface area contributed by atoms with E-state index in [4.69, 9.17) is 9.47 Å². The molecule has 0 saturated carbocycles. The Balaban J connectivity index is 1.55. The second-order valence-corrected chi connectivity index (χ2v) is 8.79. The van der Waals surface area contributed by atoms with Crippen LogP contribution in [0.4, 0.5) is 11.4 Å². The lowest BCUT2D eigenvalue weighted by molar-refractivity contribution is -0.117. The minimum absolute atomic E-state index is 0.0645. The Kier molecular flexibility index (Phi) is 13.5. The summed E-state index contributed by atoms with van der Waals surface area (Å²) >= 11 is 0. The molecule has 0 heterocycles. The summed E-state index contributed by atoms with van der Waals surface area (Å²) in [4.78, 5) is 47.9. The molecule has 0 aliphatic rings. The van der Waals surface area contributed by atoms with Gasteiger partial charge in [-0.1, -0.05) is 33.1 Å². The molecule has 37 heavy (non-hydrogen) atoms. The fourth-order valence-electron chi connectivity index (χ4n) is 3.48. The van der Waals surface area contributed by atoms with Crippen LogP contribution in [0.5, 0.6) is 0 Å². The van der Waals surface area contributed by atoms with Crippen LogP contribution in [0, 0.1) is 0 Å². The molecular formula is C29H38N2O6. The first-order valence-electron chi connectivity index (χ1n) is 13.1. The molecule has 0 aliphatic heterocycles. The van der Waals surface area contributed by atoms with Gasteiger partial charge in [0.15, 0.2) is 0 Å². The van der Waals surface area contributed by atoms with Crippen LogP contribution in [-0.4, -0.2) is 37.0 Å². The molecule has 0 saturated heterocycles. The van der Waals surface area contributed by atoms with Crippen LogP contribution in [-0.2, 0) is 19.1 Å². The van der Waals surface area contributed by atoms with E-state index in [0.29, 0.717) is 48.6 Å². The van der Waals surface area contributed by atoms with E-state index in [2.05, 4.69) is 10.6 Å². The highest BCUT2D eigenvalue weighted by molar-refractivity contribution is 5.94. The van der Waals surface area contributed by atoms with Gasteiger partial charge < -0.3 is 20.1 Å². The normalized spacial score (nSPS) is 10.4. The first kappa shape index (κ1) is 29.5. The van der Waals surface area contributed by atoms with E-state index in [-0.39, 0.29) is 23.8 Å². The highest BCUT2D eigenvalue weighted by atomic mass is 16.5. The highest BCUT2D eigenvalue weighted by Crippen LogP contribution is 2.14. The molecule has 0 unspecified atom stereocenters. The number of ether oxygens (including phenoxy) is 2. The van der Waals surface area contributed by atoms with Crippen molar-refractivity contribution >= 4 is 35.1 Å². The number of nitrogens with one attached hydrogen (secondary N) is 2. The van der Waals surface area contributed by atoms with Gasteiger partial charge in [0.05, 0.1) is 24.3 Å². The van der Waals surface area contributed by atoms with Crippen molar-refractivity contribution in [2.45, 2.75) is 71.6 Å². The monoisotopic (exact) mass is 510 g/mol. The topological polar surface area (TPSA) is 111 Å². The number of carbonyl (C=O) groups excluding carboxylic acids is 4. The van der Waals surface area contributed by atoms with Crippen LogP contribution in [0.15, 0.2) is 48.5 Å². The molecule has 8 nitrogen and oxygen atoms in total. The van der Waals surface area contributed by atoms with Gasteiger partial charge in [0.25, 0.3) is 0 Å². The standard InChI is InChI=1S/C29H38N2O6/c1-3-20-36-28(34)22-12-16-24(17-13-22)30-26(32)10-8-6-5-7-9-11-27(33)31-25-18-14-23(15-19-25)29(35)37-21-4-2/h12-19H,3-11,20-21H2,1-2H3,(H,30,32)(H,31,33). The van der Waals surface area contributed by atoms with Crippen LogP contribution in [0.1, 0.15) is 92.4 Å². The van der Waals surface area contributed by atoms with Crippen molar-refractivity contribution in [2.75, 3.05) is 23.8 Å². The van der Waals surface area contributed by atoms with Gasteiger partial charge >= 0.3 is 11.9 Å². The number of carbonyl (C=O) groups is 4. The molecular weight excluding hydrogens is 472 g/mol. The van der Waals surface area contributed by atoms with E-state index in [0.717, 1.165) is 44.9 Å². The summed E-state index contributed by atoms with van der Waals surface area (Å²) in [5, 5.41) is 5.68. The van der Waals surface area contributed by atoms with Crippen molar-refractivity contribution in [1.29, 1.82) is 0 Å². The second kappa shape index (κ2) is 16.9. The van der Waals surface area contributed by atoms with E-state index in [1.807, 2.05) is 13.8 Å². The number of hydrogen-bond donors (Lipinski definition) is 2. The molecule has 2 rings (SSSR count). The van der Waals surface area contributed by atoms with E-state index in [1.165, 1.54) is 0 Å². The minimum Gasteiger partial charge on any atom is -0.462 e. The fourth-order valence-corrected chi connectivity index (χ4v) is 3.48. The van der Waals surface area contributed by atoms with Crippen LogP contribution in [0.2, 0.25) is 0 Å². The second-order valence-electron chi connectivity index (χ2n) is 8.79. The summed E-state index contributed by atoms with van der Waals surface area (Å²) < 4.78 is 10.2. The molecule has 0 fully saturated rings. The Hall–Kier alpha value is -3.68. The first-order chi connectivity index (χ1) is 17.9. The Morgan fingerprint density at radius 2 is 0.919 bits per heavy atom. The third kappa shape index (κ3) is 11.7. The molecule has 8 heteroatoms. The summed E-state index contributed by atoms with van der Waals surface area (Å²) in [6, 6.07) is 13.4. The van der Waals surface area contributed by atoms with Gasteiger partial charge in [0.2, 0.25) is 11.8 Å². The quantitative estimate of drug-likeness (QED) is 0.208. The predicted molar refractivity (Wildman–Crippen MR) is 144 cm³/mol. The molecule has 2 amide bonds. The van der Waals surface area contributed by atoms with Crippen LogP contribution < -0.4 is 10.6 Å². The average Bonchev–Trinajstić information content (AvgIpc) is 2.90. The Morgan fingerprint density at radius 3 is 1.27 bits per heavy atom.